The zero-order valence-electron chi connectivity index (χ0n) is 7.88. The molecule has 1 heterocycles. The second kappa shape index (κ2) is 4.26. The average Bonchev–Trinajstić information content (AvgIpc) is 2.47. The van der Waals surface area contributed by atoms with E-state index in [2.05, 4.69) is 18.9 Å². The van der Waals surface area contributed by atoms with Gasteiger partial charge in [0.1, 0.15) is 0 Å². The molecule has 0 unspecified atom stereocenters. The summed E-state index contributed by atoms with van der Waals surface area (Å²) in [6.45, 7) is 5.93. The molecule has 0 fully saturated rings. The Labute approximate surface area is 73.6 Å². The smallest absolute Gasteiger partial charge is 0.0525 e. The number of hydrogen-bond acceptors (Lipinski definition) is 2. The van der Waals surface area contributed by atoms with Crippen LogP contribution >= 0.6 is 0 Å². The molecule has 0 amide bonds. The minimum Gasteiger partial charge on any atom is -0.330 e. The predicted octanol–water partition coefficient (Wildman–Crippen LogP) is 0.967. The lowest BCUT2D eigenvalue weighted by atomic mass is 10.1. The fourth-order valence-corrected chi connectivity index (χ4v) is 1.50. The van der Waals surface area contributed by atoms with E-state index < -0.39 is 0 Å². The largest absolute Gasteiger partial charge is 0.330 e. The van der Waals surface area contributed by atoms with Gasteiger partial charge in [-0.1, -0.05) is 6.92 Å². The first kappa shape index (κ1) is 9.26. The monoisotopic (exact) mass is 167 g/mol. The lowest BCUT2D eigenvalue weighted by Gasteiger charge is -2.03. The molecule has 0 aliphatic rings. The second-order valence-electron chi connectivity index (χ2n) is 2.82. The molecule has 0 aliphatic carbocycles. The minimum atomic E-state index is 0.711. The summed E-state index contributed by atoms with van der Waals surface area (Å²) in [7, 11) is 0. The van der Waals surface area contributed by atoms with Gasteiger partial charge < -0.3 is 5.73 Å². The summed E-state index contributed by atoms with van der Waals surface area (Å²) in [4.78, 5) is 0. The Hall–Kier alpha value is -0.830. The zero-order valence-corrected chi connectivity index (χ0v) is 7.88. The molecular formula is C9H17N3. The summed E-state index contributed by atoms with van der Waals surface area (Å²) >= 11 is 0. The first-order valence-corrected chi connectivity index (χ1v) is 4.57. The quantitative estimate of drug-likeness (QED) is 0.726. The van der Waals surface area contributed by atoms with Crippen LogP contribution < -0.4 is 5.73 Å². The van der Waals surface area contributed by atoms with E-state index in [-0.39, 0.29) is 0 Å². The molecule has 1 aromatic rings. The third-order valence-electron chi connectivity index (χ3n) is 2.08. The van der Waals surface area contributed by atoms with Crippen LogP contribution in [0.5, 0.6) is 0 Å². The summed E-state index contributed by atoms with van der Waals surface area (Å²) in [5.74, 6) is 0. The molecule has 0 aliphatic heterocycles. The van der Waals surface area contributed by atoms with E-state index in [1.165, 1.54) is 11.3 Å². The Morgan fingerprint density at radius 2 is 2.25 bits per heavy atom. The first-order chi connectivity index (χ1) is 5.83. The number of nitrogens with zero attached hydrogens (tertiary/aromatic N) is 2. The average molecular weight is 167 g/mol. The van der Waals surface area contributed by atoms with Gasteiger partial charge in [-0.3, -0.25) is 4.68 Å². The summed E-state index contributed by atoms with van der Waals surface area (Å²) < 4.78 is 2.05. The summed E-state index contributed by atoms with van der Waals surface area (Å²) in [6, 6.07) is 0. The van der Waals surface area contributed by atoms with Crippen molar-refractivity contribution in [3.05, 3.63) is 17.5 Å². The Morgan fingerprint density at radius 1 is 1.50 bits per heavy atom. The lowest BCUT2D eigenvalue weighted by molar-refractivity contribution is 0.624. The van der Waals surface area contributed by atoms with Crippen LogP contribution in [0.2, 0.25) is 0 Å². The van der Waals surface area contributed by atoms with Crippen molar-refractivity contribution in [2.24, 2.45) is 5.73 Å². The van der Waals surface area contributed by atoms with Gasteiger partial charge in [0.05, 0.1) is 6.20 Å². The third-order valence-corrected chi connectivity index (χ3v) is 2.08. The van der Waals surface area contributed by atoms with Crippen LogP contribution in [0.25, 0.3) is 0 Å². The highest BCUT2D eigenvalue weighted by molar-refractivity contribution is 5.18. The molecule has 3 heteroatoms. The van der Waals surface area contributed by atoms with Crippen LogP contribution in [0.15, 0.2) is 6.20 Å². The number of hydrogen-bond donors (Lipinski definition) is 1. The molecule has 0 radical (unpaired) electrons. The topological polar surface area (TPSA) is 43.8 Å². The molecule has 1 rings (SSSR count). The minimum absolute atomic E-state index is 0.711. The summed E-state index contributed by atoms with van der Waals surface area (Å²) in [6.07, 6.45) is 3.93. The van der Waals surface area contributed by atoms with Crippen LogP contribution in [-0.4, -0.2) is 16.3 Å². The van der Waals surface area contributed by atoms with Crippen molar-refractivity contribution in [2.45, 2.75) is 33.2 Å². The predicted molar refractivity (Wildman–Crippen MR) is 50.0 cm³/mol. The standard InChI is InChI=1S/C9H17N3/c1-3-9-8(5-6-10)7-11-12(9)4-2/h7H,3-6,10H2,1-2H3. The van der Waals surface area contributed by atoms with Crippen molar-refractivity contribution in [3.63, 3.8) is 0 Å². The second-order valence-corrected chi connectivity index (χ2v) is 2.82. The molecule has 3 nitrogen and oxygen atoms in total. The summed E-state index contributed by atoms with van der Waals surface area (Å²) in [5, 5.41) is 4.29. The van der Waals surface area contributed by atoms with E-state index in [4.69, 9.17) is 5.73 Å². The van der Waals surface area contributed by atoms with Crippen molar-refractivity contribution in [2.75, 3.05) is 6.54 Å². The SMILES string of the molecule is CCc1c(CCN)cnn1CC. The van der Waals surface area contributed by atoms with Crippen molar-refractivity contribution < 1.29 is 0 Å². The van der Waals surface area contributed by atoms with Gasteiger partial charge in [-0.25, -0.2) is 0 Å². The normalized spacial score (nSPS) is 10.6. The Morgan fingerprint density at radius 3 is 2.75 bits per heavy atom. The van der Waals surface area contributed by atoms with Gasteiger partial charge >= 0.3 is 0 Å². The van der Waals surface area contributed by atoms with Crippen LogP contribution in [0.4, 0.5) is 0 Å². The van der Waals surface area contributed by atoms with E-state index in [1.807, 2.05) is 10.9 Å². The van der Waals surface area contributed by atoms with E-state index in [0.717, 1.165) is 19.4 Å². The molecule has 0 saturated heterocycles. The van der Waals surface area contributed by atoms with E-state index in [0.29, 0.717) is 6.54 Å². The molecule has 0 bridgehead atoms. The van der Waals surface area contributed by atoms with E-state index >= 15 is 0 Å². The Bertz CT molecular complexity index is 240. The van der Waals surface area contributed by atoms with Crippen LogP contribution in [-0.2, 0) is 19.4 Å². The maximum Gasteiger partial charge on any atom is 0.0525 e. The molecule has 2 N–H and O–H groups in total. The Kier molecular flexibility index (Phi) is 3.29. The van der Waals surface area contributed by atoms with Gasteiger partial charge in [0.15, 0.2) is 0 Å². The van der Waals surface area contributed by atoms with Gasteiger partial charge in [-0.15, -0.1) is 0 Å². The maximum atomic E-state index is 5.50. The number of aryl methyl sites for hydroxylation is 1. The molecule has 0 aromatic carbocycles. The van der Waals surface area contributed by atoms with Gasteiger partial charge in [0.25, 0.3) is 0 Å². The number of nitrogens with two attached hydrogens (primary N) is 1. The molecular weight excluding hydrogens is 150 g/mol. The zero-order chi connectivity index (χ0) is 8.97. The van der Waals surface area contributed by atoms with Gasteiger partial charge in [0.2, 0.25) is 0 Å². The molecule has 0 saturated carbocycles. The van der Waals surface area contributed by atoms with E-state index in [1.54, 1.807) is 0 Å². The molecule has 0 spiro atoms. The number of aromatic nitrogens is 2. The van der Waals surface area contributed by atoms with Gasteiger partial charge in [0, 0.05) is 12.2 Å². The van der Waals surface area contributed by atoms with Crippen LogP contribution in [0, 0.1) is 0 Å². The van der Waals surface area contributed by atoms with Crippen molar-refractivity contribution in [3.8, 4) is 0 Å². The highest BCUT2D eigenvalue weighted by atomic mass is 15.3. The highest BCUT2D eigenvalue weighted by Crippen LogP contribution is 2.09. The lowest BCUT2D eigenvalue weighted by Crippen LogP contribution is -2.06. The molecule has 1 aromatic heterocycles. The van der Waals surface area contributed by atoms with Crippen LogP contribution in [0.3, 0.4) is 0 Å². The van der Waals surface area contributed by atoms with Crippen molar-refractivity contribution in [1.29, 1.82) is 0 Å². The Balaban J connectivity index is 2.88. The molecule has 68 valence electrons. The fraction of sp³-hybridized carbons (Fsp3) is 0.667. The molecule has 0 atom stereocenters. The van der Waals surface area contributed by atoms with Crippen molar-refractivity contribution >= 4 is 0 Å². The van der Waals surface area contributed by atoms with Gasteiger partial charge in [-0.2, -0.15) is 5.10 Å². The van der Waals surface area contributed by atoms with Crippen molar-refractivity contribution in [1.82, 2.24) is 9.78 Å². The highest BCUT2D eigenvalue weighted by Gasteiger charge is 2.05. The first-order valence-electron chi connectivity index (χ1n) is 4.57. The van der Waals surface area contributed by atoms with Gasteiger partial charge in [-0.05, 0) is 31.9 Å². The third kappa shape index (κ3) is 1.67. The number of rotatable bonds is 4. The maximum absolute atomic E-state index is 5.50. The summed E-state index contributed by atoms with van der Waals surface area (Å²) in [5.41, 5.74) is 8.14. The molecule has 12 heavy (non-hydrogen) atoms. The fourth-order valence-electron chi connectivity index (χ4n) is 1.50. The van der Waals surface area contributed by atoms with Crippen LogP contribution in [0.1, 0.15) is 25.1 Å². The van der Waals surface area contributed by atoms with E-state index in [9.17, 15) is 0 Å².